The summed E-state index contributed by atoms with van der Waals surface area (Å²) in [4.78, 5) is 5.60. The van der Waals surface area contributed by atoms with E-state index in [2.05, 4.69) is 5.16 Å². The highest BCUT2D eigenvalue weighted by atomic mass is 16.9. The second-order valence-electron chi connectivity index (χ2n) is 8.75. The van der Waals surface area contributed by atoms with Crippen LogP contribution in [0.25, 0.3) is 0 Å². The number of hydrogen-bond donors (Lipinski definition) is 0. The Morgan fingerprint density at radius 1 is 1.00 bits per heavy atom. The van der Waals surface area contributed by atoms with Gasteiger partial charge in [-0.3, -0.25) is 0 Å². The molecule has 0 aliphatic carbocycles. The molecular weight excluding hydrogens is 378 g/mol. The van der Waals surface area contributed by atoms with E-state index >= 15 is 0 Å². The normalized spacial score (nSPS) is 39.9. The minimum Gasteiger partial charge on any atom is -0.363 e. The lowest BCUT2D eigenvalue weighted by Gasteiger charge is -2.44. The van der Waals surface area contributed by atoms with Crippen LogP contribution in [0.5, 0.6) is 0 Å². The molecule has 0 radical (unpaired) electrons. The summed E-state index contributed by atoms with van der Waals surface area (Å²) in [6, 6.07) is 9.91. The molecule has 4 aliphatic rings. The molecule has 8 nitrogen and oxygen atoms in total. The van der Waals surface area contributed by atoms with Gasteiger partial charge in [-0.2, -0.15) is 0 Å². The number of ether oxygens (including phenoxy) is 6. The first kappa shape index (κ1) is 19.4. The van der Waals surface area contributed by atoms with Crippen LogP contribution in [0.4, 0.5) is 0 Å². The molecule has 0 unspecified atom stereocenters. The lowest BCUT2D eigenvalue weighted by Crippen LogP contribution is -2.63. The van der Waals surface area contributed by atoms with E-state index in [-0.39, 0.29) is 18.8 Å². The highest BCUT2D eigenvalue weighted by Crippen LogP contribution is 2.46. The van der Waals surface area contributed by atoms with E-state index in [4.69, 9.17) is 33.3 Å². The summed E-state index contributed by atoms with van der Waals surface area (Å²) in [5, 5.41) is 4.22. The third-order valence-corrected chi connectivity index (χ3v) is 5.53. The number of benzene rings is 1. The second kappa shape index (κ2) is 6.73. The third-order valence-electron chi connectivity index (χ3n) is 5.53. The summed E-state index contributed by atoms with van der Waals surface area (Å²) < 4.78 is 36.7. The first-order valence-corrected chi connectivity index (χ1v) is 10.0. The predicted octanol–water partition coefficient (Wildman–Crippen LogP) is 2.55. The van der Waals surface area contributed by atoms with E-state index in [1.807, 2.05) is 58.0 Å². The van der Waals surface area contributed by atoms with E-state index in [1.165, 1.54) is 0 Å². The van der Waals surface area contributed by atoms with Gasteiger partial charge < -0.3 is 33.3 Å². The molecule has 1 spiro atoms. The van der Waals surface area contributed by atoms with Gasteiger partial charge in [0.25, 0.3) is 0 Å². The van der Waals surface area contributed by atoms with E-state index < -0.39 is 29.8 Å². The van der Waals surface area contributed by atoms with Gasteiger partial charge in [0.1, 0.15) is 24.9 Å². The first-order valence-electron chi connectivity index (χ1n) is 10.0. The van der Waals surface area contributed by atoms with Gasteiger partial charge in [0.05, 0.1) is 18.7 Å². The molecule has 4 aliphatic heterocycles. The molecule has 29 heavy (non-hydrogen) atoms. The molecule has 1 aromatic carbocycles. The number of rotatable bonds is 3. The van der Waals surface area contributed by atoms with Crippen LogP contribution in [0.2, 0.25) is 0 Å². The summed E-state index contributed by atoms with van der Waals surface area (Å²) in [5.74, 6) is -2.61. The Kier molecular flexibility index (Phi) is 4.51. The Morgan fingerprint density at radius 3 is 2.52 bits per heavy atom. The Labute approximate surface area is 170 Å². The maximum absolute atomic E-state index is 6.37. The zero-order chi connectivity index (χ0) is 20.3. The van der Waals surface area contributed by atoms with Crippen LogP contribution in [-0.4, -0.2) is 60.9 Å². The molecule has 0 aromatic heterocycles. The van der Waals surface area contributed by atoms with E-state index in [1.54, 1.807) is 0 Å². The Hall–Kier alpha value is -1.55. The van der Waals surface area contributed by atoms with Gasteiger partial charge in [-0.1, -0.05) is 35.5 Å². The molecule has 5 rings (SSSR count). The average Bonchev–Trinajstić information content (AvgIpc) is 3.34. The topological polar surface area (TPSA) is 77.0 Å². The highest BCUT2D eigenvalue weighted by molar-refractivity contribution is 6.01. The number of hydrogen-bond acceptors (Lipinski definition) is 8. The minimum absolute atomic E-state index is 0.233. The van der Waals surface area contributed by atoms with Crippen LogP contribution < -0.4 is 0 Å². The number of nitrogens with zero attached hydrogens (tertiary/aromatic N) is 1. The third kappa shape index (κ3) is 3.58. The summed E-state index contributed by atoms with van der Waals surface area (Å²) in [6.45, 7) is 8.04. The van der Waals surface area contributed by atoms with Crippen molar-refractivity contribution in [3.63, 3.8) is 0 Å². The summed E-state index contributed by atoms with van der Waals surface area (Å²) in [7, 11) is 0. The molecule has 3 saturated heterocycles. The molecule has 3 fully saturated rings. The van der Waals surface area contributed by atoms with Crippen molar-refractivity contribution in [1.82, 2.24) is 0 Å². The van der Waals surface area contributed by atoms with Crippen molar-refractivity contribution in [2.75, 3.05) is 13.2 Å². The van der Waals surface area contributed by atoms with Crippen LogP contribution in [0.3, 0.4) is 0 Å². The van der Waals surface area contributed by atoms with Gasteiger partial charge in [0.2, 0.25) is 12.1 Å². The fraction of sp³-hybridized carbons (Fsp3) is 0.667. The molecule has 8 heteroatoms. The van der Waals surface area contributed by atoms with Crippen molar-refractivity contribution >= 4 is 5.71 Å². The Morgan fingerprint density at radius 2 is 1.79 bits per heavy atom. The molecular formula is C21H27NO7. The van der Waals surface area contributed by atoms with Crippen molar-refractivity contribution in [1.29, 1.82) is 0 Å². The van der Waals surface area contributed by atoms with Crippen molar-refractivity contribution in [2.45, 2.75) is 76.1 Å². The van der Waals surface area contributed by atoms with Gasteiger partial charge in [0.15, 0.2) is 11.6 Å². The fourth-order valence-electron chi connectivity index (χ4n) is 4.34. The lowest BCUT2D eigenvalue weighted by molar-refractivity contribution is -0.353. The van der Waals surface area contributed by atoms with Crippen LogP contribution >= 0.6 is 0 Å². The van der Waals surface area contributed by atoms with E-state index in [0.29, 0.717) is 13.0 Å². The van der Waals surface area contributed by atoms with Crippen molar-refractivity contribution in [2.24, 2.45) is 5.16 Å². The van der Waals surface area contributed by atoms with E-state index in [0.717, 1.165) is 11.3 Å². The standard InChI is InChI=1S/C21H27NO7/c1-19(2)24-12-21(29-19)18(17-15(11-23-21)26-20(3,4)27-17)25-16-10-14(22-28-16)13-8-6-5-7-9-13/h5-9,15-18H,10-12H2,1-4H3/t15-,16+,17-,18+,21+/m1/s1. The SMILES string of the molecule is CC1(C)O[C@@H]2[C@@H](CO[C@]3(COC(C)(C)O3)[C@H]2O[C@@H]2CC(c3ccccc3)=NO2)O1. The van der Waals surface area contributed by atoms with Crippen molar-refractivity contribution < 1.29 is 33.3 Å². The fourth-order valence-corrected chi connectivity index (χ4v) is 4.34. The first-order chi connectivity index (χ1) is 13.8. The van der Waals surface area contributed by atoms with Crippen molar-refractivity contribution in [3.05, 3.63) is 35.9 Å². The minimum atomic E-state index is -1.09. The molecule has 4 heterocycles. The monoisotopic (exact) mass is 405 g/mol. The van der Waals surface area contributed by atoms with Crippen LogP contribution in [-0.2, 0) is 33.3 Å². The van der Waals surface area contributed by atoms with Gasteiger partial charge in [-0.05, 0) is 33.3 Å². The number of fused-ring (bicyclic) bond motifs is 1. The Balaban J connectivity index is 1.37. The predicted molar refractivity (Wildman–Crippen MR) is 101 cm³/mol. The quantitative estimate of drug-likeness (QED) is 0.765. The van der Waals surface area contributed by atoms with Crippen LogP contribution in [0.1, 0.15) is 39.7 Å². The van der Waals surface area contributed by atoms with E-state index in [9.17, 15) is 0 Å². The summed E-state index contributed by atoms with van der Waals surface area (Å²) in [6.07, 6.45) is -1.29. The summed E-state index contributed by atoms with van der Waals surface area (Å²) in [5.41, 5.74) is 1.85. The lowest BCUT2D eigenvalue weighted by atomic mass is 9.97. The number of oxime groups is 1. The maximum atomic E-state index is 6.37. The summed E-state index contributed by atoms with van der Waals surface area (Å²) >= 11 is 0. The zero-order valence-corrected chi connectivity index (χ0v) is 17.1. The highest BCUT2D eigenvalue weighted by Gasteiger charge is 2.64. The van der Waals surface area contributed by atoms with Crippen LogP contribution in [0.15, 0.2) is 35.5 Å². The smallest absolute Gasteiger partial charge is 0.233 e. The van der Waals surface area contributed by atoms with Gasteiger partial charge in [-0.25, -0.2) is 0 Å². The maximum Gasteiger partial charge on any atom is 0.233 e. The molecule has 1 aromatic rings. The molecule has 0 amide bonds. The van der Waals surface area contributed by atoms with Gasteiger partial charge in [0, 0.05) is 0 Å². The molecule has 0 bridgehead atoms. The molecule has 5 atom stereocenters. The zero-order valence-electron chi connectivity index (χ0n) is 17.1. The Bertz CT molecular complexity index is 793. The molecule has 158 valence electrons. The molecule has 0 N–H and O–H groups in total. The van der Waals surface area contributed by atoms with Gasteiger partial charge in [-0.15, -0.1) is 0 Å². The molecule has 0 saturated carbocycles. The van der Waals surface area contributed by atoms with Crippen LogP contribution in [0, 0.1) is 0 Å². The van der Waals surface area contributed by atoms with Crippen molar-refractivity contribution in [3.8, 4) is 0 Å². The second-order valence-corrected chi connectivity index (χ2v) is 8.75. The average molecular weight is 405 g/mol. The largest absolute Gasteiger partial charge is 0.363 e. The van der Waals surface area contributed by atoms with Gasteiger partial charge >= 0.3 is 0 Å².